The van der Waals surface area contributed by atoms with Crippen LogP contribution in [-0.4, -0.2) is 54.3 Å². The molecule has 148 valence electrons. The lowest BCUT2D eigenvalue weighted by molar-refractivity contribution is 0.280. The number of likely N-dealkylation sites (N-methyl/N-ethyl adjacent to an activating group) is 1. The van der Waals surface area contributed by atoms with Gasteiger partial charge in [0.2, 0.25) is 5.89 Å². The maximum absolute atomic E-state index is 5.88. The number of ether oxygens (including phenoxy) is 1. The van der Waals surface area contributed by atoms with Crippen molar-refractivity contribution in [2.45, 2.75) is 40.0 Å². The second-order valence-corrected chi connectivity index (χ2v) is 6.72. The summed E-state index contributed by atoms with van der Waals surface area (Å²) < 4.78 is 11.1. The highest BCUT2D eigenvalue weighted by molar-refractivity contribution is 5.79. The van der Waals surface area contributed by atoms with Crippen LogP contribution in [-0.2, 0) is 6.42 Å². The first-order valence-corrected chi connectivity index (χ1v) is 9.51. The van der Waals surface area contributed by atoms with Crippen molar-refractivity contribution in [2.75, 3.05) is 33.3 Å². The van der Waals surface area contributed by atoms with Crippen molar-refractivity contribution in [3.8, 4) is 5.75 Å². The fourth-order valence-electron chi connectivity index (χ4n) is 2.45. The Morgan fingerprint density at radius 3 is 2.78 bits per heavy atom. The molecule has 2 aromatic rings. The monoisotopic (exact) mass is 373 g/mol. The number of guanidine groups is 1. The maximum Gasteiger partial charge on any atom is 0.228 e. The molecule has 0 fully saturated rings. The molecule has 0 amide bonds. The van der Waals surface area contributed by atoms with Gasteiger partial charge in [-0.1, -0.05) is 37.2 Å². The summed E-state index contributed by atoms with van der Waals surface area (Å²) in [5, 5.41) is 7.29. The van der Waals surface area contributed by atoms with Gasteiger partial charge in [0.1, 0.15) is 12.4 Å². The predicted molar refractivity (Wildman–Crippen MR) is 107 cm³/mol. The Bertz CT molecular complexity index is 727. The standard InChI is InChI=1S/C20H31N5O2/c1-6-21-20(22-12-11-18-23-19(15(2)3)24-27-18)25(5)13-14-26-17-10-8-7-9-16(17)4/h7-10,15H,6,11-14H2,1-5H3,(H,21,22). The van der Waals surface area contributed by atoms with E-state index < -0.39 is 0 Å². The van der Waals surface area contributed by atoms with Crippen molar-refractivity contribution >= 4 is 5.96 Å². The average Bonchev–Trinajstić information content (AvgIpc) is 3.12. The van der Waals surface area contributed by atoms with Crippen molar-refractivity contribution in [3.63, 3.8) is 0 Å². The van der Waals surface area contributed by atoms with Crippen molar-refractivity contribution < 1.29 is 9.26 Å². The highest BCUT2D eigenvalue weighted by atomic mass is 16.5. The van der Waals surface area contributed by atoms with E-state index in [0.717, 1.165) is 36.2 Å². The van der Waals surface area contributed by atoms with Gasteiger partial charge >= 0.3 is 0 Å². The first-order valence-electron chi connectivity index (χ1n) is 9.51. The van der Waals surface area contributed by atoms with Crippen molar-refractivity contribution in [1.82, 2.24) is 20.4 Å². The van der Waals surface area contributed by atoms with Gasteiger partial charge in [-0.2, -0.15) is 4.98 Å². The van der Waals surface area contributed by atoms with Crippen LogP contribution in [0.5, 0.6) is 5.75 Å². The fourth-order valence-corrected chi connectivity index (χ4v) is 2.45. The molecule has 0 radical (unpaired) electrons. The quantitative estimate of drug-likeness (QED) is 0.538. The number of aliphatic imine (C=N–C) groups is 1. The summed E-state index contributed by atoms with van der Waals surface area (Å²) in [4.78, 5) is 11.1. The molecule has 1 N–H and O–H groups in total. The van der Waals surface area contributed by atoms with E-state index in [0.29, 0.717) is 25.5 Å². The molecule has 1 aromatic heterocycles. The van der Waals surface area contributed by atoms with E-state index in [1.165, 1.54) is 0 Å². The van der Waals surface area contributed by atoms with Crippen molar-refractivity contribution in [3.05, 3.63) is 41.5 Å². The van der Waals surface area contributed by atoms with E-state index in [2.05, 4.69) is 32.3 Å². The summed E-state index contributed by atoms with van der Waals surface area (Å²) in [7, 11) is 2.01. The van der Waals surface area contributed by atoms with Crippen molar-refractivity contribution in [2.24, 2.45) is 4.99 Å². The smallest absolute Gasteiger partial charge is 0.228 e. The second-order valence-electron chi connectivity index (χ2n) is 6.72. The van der Waals surface area contributed by atoms with E-state index in [4.69, 9.17) is 9.26 Å². The Morgan fingerprint density at radius 2 is 2.11 bits per heavy atom. The van der Waals surface area contributed by atoms with E-state index in [1.54, 1.807) is 0 Å². The summed E-state index contributed by atoms with van der Waals surface area (Å²) in [6.07, 6.45) is 0.627. The van der Waals surface area contributed by atoms with E-state index >= 15 is 0 Å². The van der Waals surface area contributed by atoms with Crippen LogP contribution < -0.4 is 10.1 Å². The van der Waals surface area contributed by atoms with Crippen LogP contribution in [0, 0.1) is 6.92 Å². The zero-order valence-electron chi connectivity index (χ0n) is 17.0. The first-order chi connectivity index (χ1) is 13.0. The third-order valence-electron chi connectivity index (χ3n) is 4.06. The van der Waals surface area contributed by atoms with Crippen LogP contribution in [0.25, 0.3) is 0 Å². The van der Waals surface area contributed by atoms with Crippen molar-refractivity contribution in [1.29, 1.82) is 0 Å². The lowest BCUT2D eigenvalue weighted by atomic mass is 10.2. The number of nitrogens with zero attached hydrogens (tertiary/aromatic N) is 4. The molecule has 0 saturated heterocycles. The number of hydrogen-bond acceptors (Lipinski definition) is 5. The van der Waals surface area contributed by atoms with E-state index in [1.807, 2.05) is 52.1 Å². The lowest BCUT2D eigenvalue weighted by Gasteiger charge is -2.22. The highest BCUT2D eigenvalue weighted by Gasteiger charge is 2.10. The Balaban J connectivity index is 1.84. The van der Waals surface area contributed by atoms with Crippen LogP contribution >= 0.6 is 0 Å². The molecule has 0 aliphatic carbocycles. The molecule has 0 bridgehead atoms. The molecule has 1 aromatic carbocycles. The van der Waals surface area contributed by atoms with Crippen LogP contribution in [0.3, 0.4) is 0 Å². The average molecular weight is 374 g/mol. The molecule has 0 atom stereocenters. The number of hydrogen-bond donors (Lipinski definition) is 1. The minimum Gasteiger partial charge on any atom is -0.491 e. The van der Waals surface area contributed by atoms with Gasteiger partial charge in [-0.05, 0) is 25.5 Å². The topological polar surface area (TPSA) is 75.8 Å². The molecule has 27 heavy (non-hydrogen) atoms. The summed E-state index contributed by atoms with van der Waals surface area (Å²) in [5.41, 5.74) is 1.14. The summed E-state index contributed by atoms with van der Waals surface area (Å²) in [5.74, 6) is 3.40. The van der Waals surface area contributed by atoms with Crippen LogP contribution in [0.15, 0.2) is 33.8 Å². The van der Waals surface area contributed by atoms with Gasteiger partial charge in [-0.3, -0.25) is 4.99 Å². The molecule has 0 saturated carbocycles. The summed E-state index contributed by atoms with van der Waals surface area (Å²) >= 11 is 0. The number of benzene rings is 1. The highest BCUT2D eigenvalue weighted by Crippen LogP contribution is 2.15. The number of rotatable bonds is 9. The van der Waals surface area contributed by atoms with Crippen LogP contribution in [0.4, 0.5) is 0 Å². The predicted octanol–water partition coefficient (Wildman–Crippen LogP) is 3.02. The number of aryl methyl sites for hydroxylation is 1. The third-order valence-corrected chi connectivity index (χ3v) is 4.06. The minimum atomic E-state index is 0.266. The molecule has 1 heterocycles. The lowest BCUT2D eigenvalue weighted by Crippen LogP contribution is -2.41. The molecule has 7 heteroatoms. The molecular formula is C20H31N5O2. The number of aromatic nitrogens is 2. The molecular weight excluding hydrogens is 342 g/mol. The molecule has 7 nitrogen and oxygen atoms in total. The first kappa shape index (κ1) is 20.7. The SMILES string of the molecule is CCNC(=NCCc1nc(C(C)C)no1)N(C)CCOc1ccccc1C. The molecule has 0 aliphatic heterocycles. The minimum absolute atomic E-state index is 0.266. The van der Waals surface area contributed by atoms with Gasteiger partial charge in [0.25, 0.3) is 0 Å². The molecule has 0 spiro atoms. The number of para-hydroxylation sites is 1. The zero-order valence-corrected chi connectivity index (χ0v) is 17.0. The Kier molecular flexibility index (Phi) is 8.10. The Hall–Kier alpha value is -2.57. The van der Waals surface area contributed by atoms with Crippen LogP contribution in [0.2, 0.25) is 0 Å². The van der Waals surface area contributed by atoms with Gasteiger partial charge in [-0.15, -0.1) is 0 Å². The van der Waals surface area contributed by atoms with E-state index in [9.17, 15) is 0 Å². The molecule has 0 unspecified atom stereocenters. The largest absolute Gasteiger partial charge is 0.491 e. The van der Waals surface area contributed by atoms with E-state index in [-0.39, 0.29) is 5.92 Å². The molecule has 2 rings (SSSR count). The van der Waals surface area contributed by atoms with Gasteiger partial charge in [0, 0.05) is 25.9 Å². The van der Waals surface area contributed by atoms with Crippen LogP contribution in [0.1, 0.15) is 44.0 Å². The second kappa shape index (κ2) is 10.5. The van der Waals surface area contributed by atoms with Gasteiger partial charge in [-0.25, -0.2) is 0 Å². The van der Waals surface area contributed by atoms with Gasteiger partial charge in [0.15, 0.2) is 11.8 Å². The Morgan fingerprint density at radius 1 is 1.33 bits per heavy atom. The zero-order chi connectivity index (χ0) is 19.6. The normalized spacial score (nSPS) is 11.7. The molecule has 0 aliphatic rings. The van der Waals surface area contributed by atoms with Gasteiger partial charge in [0.05, 0.1) is 13.1 Å². The third kappa shape index (κ3) is 6.58. The Labute approximate surface area is 161 Å². The maximum atomic E-state index is 5.88. The summed E-state index contributed by atoms with van der Waals surface area (Å²) in [6, 6.07) is 8.04. The van der Waals surface area contributed by atoms with Gasteiger partial charge < -0.3 is 19.5 Å². The summed E-state index contributed by atoms with van der Waals surface area (Å²) in [6.45, 7) is 10.9. The fraction of sp³-hybridized carbons (Fsp3) is 0.550. The number of nitrogens with one attached hydrogen (secondary N) is 1.